The third-order valence-corrected chi connectivity index (χ3v) is 5.18. The van der Waals surface area contributed by atoms with E-state index in [9.17, 15) is 0 Å². The van der Waals surface area contributed by atoms with Gasteiger partial charge >= 0.3 is 0 Å². The Morgan fingerprint density at radius 1 is 0.926 bits per heavy atom. The number of nitrogens with zero attached hydrogens (tertiary/aromatic N) is 2. The van der Waals surface area contributed by atoms with Gasteiger partial charge in [-0.2, -0.15) is 0 Å². The average molecular weight is 429 g/mol. The SMILES string of the molecule is CCCC[C@H](CC)COc1ccc(-c2nnc(-c3ccc(Br)cc3)o2)cc1. The zero-order chi connectivity index (χ0) is 19.1. The number of hydrogen-bond acceptors (Lipinski definition) is 4. The third-order valence-electron chi connectivity index (χ3n) is 4.65. The molecule has 3 rings (SSSR count). The fourth-order valence-corrected chi connectivity index (χ4v) is 3.12. The fraction of sp³-hybridized carbons (Fsp3) is 0.364. The van der Waals surface area contributed by atoms with Crippen LogP contribution < -0.4 is 4.74 Å². The predicted octanol–water partition coefficient (Wildman–Crippen LogP) is 6.76. The summed E-state index contributed by atoms with van der Waals surface area (Å²) in [6.45, 7) is 5.22. The van der Waals surface area contributed by atoms with E-state index in [0.717, 1.165) is 34.4 Å². The van der Waals surface area contributed by atoms with E-state index in [1.807, 2.05) is 48.5 Å². The second-order valence-corrected chi connectivity index (χ2v) is 7.59. The van der Waals surface area contributed by atoms with Crippen LogP contribution in [-0.4, -0.2) is 16.8 Å². The molecule has 0 saturated heterocycles. The molecule has 2 aromatic carbocycles. The van der Waals surface area contributed by atoms with Gasteiger partial charge in [-0.25, -0.2) is 0 Å². The van der Waals surface area contributed by atoms with E-state index < -0.39 is 0 Å². The molecule has 0 aliphatic heterocycles. The van der Waals surface area contributed by atoms with E-state index >= 15 is 0 Å². The van der Waals surface area contributed by atoms with E-state index in [-0.39, 0.29) is 0 Å². The molecule has 27 heavy (non-hydrogen) atoms. The van der Waals surface area contributed by atoms with Gasteiger partial charge in [-0.15, -0.1) is 10.2 Å². The van der Waals surface area contributed by atoms with Crippen molar-refractivity contribution in [1.82, 2.24) is 10.2 Å². The molecule has 0 fully saturated rings. The molecule has 0 saturated carbocycles. The molecule has 0 bridgehead atoms. The molecule has 5 heteroatoms. The Morgan fingerprint density at radius 3 is 2.07 bits per heavy atom. The van der Waals surface area contributed by atoms with Gasteiger partial charge in [0.15, 0.2) is 0 Å². The van der Waals surface area contributed by atoms with Gasteiger partial charge in [-0.05, 0) is 60.9 Å². The van der Waals surface area contributed by atoms with Crippen LogP contribution in [0.5, 0.6) is 5.75 Å². The minimum Gasteiger partial charge on any atom is -0.493 e. The highest BCUT2D eigenvalue weighted by molar-refractivity contribution is 9.10. The molecule has 1 heterocycles. The molecule has 0 aliphatic rings. The van der Waals surface area contributed by atoms with Gasteiger partial charge in [-0.1, -0.05) is 49.0 Å². The van der Waals surface area contributed by atoms with E-state index in [0.29, 0.717) is 17.7 Å². The Morgan fingerprint density at radius 2 is 1.52 bits per heavy atom. The monoisotopic (exact) mass is 428 g/mol. The molecule has 4 nitrogen and oxygen atoms in total. The van der Waals surface area contributed by atoms with Crippen LogP contribution in [0.25, 0.3) is 22.9 Å². The van der Waals surface area contributed by atoms with Crippen LogP contribution in [0.15, 0.2) is 57.4 Å². The van der Waals surface area contributed by atoms with Gasteiger partial charge in [0.25, 0.3) is 0 Å². The van der Waals surface area contributed by atoms with Gasteiger partial charge < -0.3 is 9.15 Å². The topological polar surface area (TPSA) is 48.2 Å². The zero-order valence-electron chi connectivity index (χ0n) is 15.8. The molecule has 0 spiro atoms. The van der Waals surface area contributed by atoms with Gasteiger partial charge in [0.05, 0.1) is 6.61 Å². The van der Waals surface area contributed by atoms with Gasteiger partial charge in [0.1, 0.15) is 5.75 Å². The molecule has 142 valence electrons. The number of ether oxygens (including phenoxy) is 1. The molecule has 0 amide bonds. The van der Waals surface area contributed by atoms with Crippen molar-refractivity contribution in [2.75, 3.05) is 6.61 Å². The summed E-state index contributed by atoms with van der Waals surface area (Å²) in [5.41, 5.74) is 1.78. The normalized spacial score (nSPS) is 12.1. The first-order valence-corrected chi connectivity index (χ1v) is 10.3. The van der Waals surface area contributed by atoms with E-state index in [1.165, 1.54) is 19.3 Å². The molecule has 3 aromatic rings. The summed E-state index contributed by atoms with van der Waals surface area (Å²) in [6.07, 6.45) is 4.88. The first kappa shape index (κ1) is 19.6. The van der Waals surface area contributed by atoms with Crippen LogP contribution in [0.3, 0.4) is 0 Å². The lowest BCUT2D eigenvalue weighted by atomic mass is 10.0. The Balaban J connectivity index is 1.63. The summed E-state index contributed by atoms with van der Waals surface area (Å²) in [6, 6.07) is 15.6. The van der Waals surface area contributed by atoms with Crippen molar-refractivity contribution < 1.29 is 9.15 Å². The quantitative estimate of drug-likeness (QED) is 0.377. The van der Waals surface area contributed by atoms with Crippen LogP contribution in [0.2, 0.25) is 0 Å². The van der Waals surface area contributed by atoms with Crippen molar-refractivity contribution in [2.24, 2.45) is 5.92 Å². The van der Waals surface area contributed by atoms with E-state index in [1.54, 1.807) is 0 Å². The summed E-state index contributed by atoms with van der Waals surface area (Å²) in [7, 11) is 0. The summed E-state index contributed by atoms with van der Waals surface area (Å²) < 4.78 is 12.8. The summed E-state index contributed by atoms with van der Waals surface area (Å²) in [5.74, 6) is 2.52. The summed E-state index contributed by atoms with van der Waals surface area (Å²) in [4.78, 5) is 0. The molecular weight excluding hydrogens is 404 g/mol. The molecule has 1 atom stereocenters. The fourth-order valence-electron chi connectivity index (χ4n) is 2.85. The summed E-state index contributed by atoms with van der Waals surface area (Å²) in [5, 5.41) is 8.32. The molecule has 0 aliphatic carbocycles. The highest BCUT2D eigenvalue weighted by atomic mass is 79.9. The molecule has 1 aromatic heterocycles. The molecular formula is C22H25BrN2O2. The lowest BCUT2D eigenvalue weighted by molar-refractivity contribution is 0.233. The van der Waals surface area contributed by atoms with Gasteiger partial charge in [-0.3, -0.25) is 0 Å². The maximum absolute atomic E-state index is 5.96. The number of aromatic nitrogens is 2. The smallest absolute Gasteiger partial charge is 0.248 e. The van der Waals surface area contributed by atoms with E-state index in [2.05, 4.69) is 40.0 Å². The first-order chi connectivity index (χ1) is 13.2. The Kier molecular flexibility index (Phi) is 7.04. The number of unbranched alkanes of at least 4 members (excludes halogenated alkanes) is 1. The highest BCUT2D eigenvalue weighted by Gasteiger charge is 2.11. The van der Waals surface area contributed by atoms with Crippen molar-refractivity contribution in [2.45, 2.75) is 39.5 Å². The minimum absolute atomic E-state index is 0.508. The number of rotatable bonds is 9. The molecule has 0 radical (unpaired) electrons. The maximum Gasteiger partial charge on any atom is 0.248 e. The second-order valence-electron chi connectivity index (χ2n) is 6.67. The lowest BCUT2D eigenvalue weighted by Gasteiger charge is -2.15. The predicted molar refractivity (Wildman–Crippen MR) is 112 cm³/mol. The molecule has 0 N–H and O–H groups in total. The third kappa shape index (κ3) is 5.42. The highest BCUT2D eigenvalue weighted by Crippen LogP contribution is 2.26. The van der Waals surface area contributed by atoms with Crippen molar-refractivity contribution in [3.8, 4) is 28.7 Å². The standard InChI is InChI=1S/C22H25BrN2O2/c1-3-5-6-16(4-2)15-26-20-13-9-18(10-14-20)22-25-24-21(27-22)17-7-11-19(23)12-8-17/h7-14,16H,3-6,15H2,1-2H3/t16-/m0/s1. The lowest BCUT2D eigenvalue weighted by Crippen LogP contribution is -2.11. The van der Waals surface area contributed by atoms with Crippen LogP contribution >= 0.6 is 15.9 Å². The van der Waals surface area contributed by atoms with Crippen molar-refractivity contribution in [1.29, 1.82) is 0 Å². The van der Waals surface area contributed by atoms with Crippen LogP contribution in [0, 0.1) is 5.92 Å². The number of halogens is 1. The Bertz CT molecular complexity index is 828. The van der Waals surface area contributed by atoms with Crippen LogP contribution in [0.1, 0.15) is 39.5 Å². The second kappa shape index (κ2) is 9.70. The first-order valence-electron chi connectivity index (χ1n) is 9.52. The van der Waals surface area contributed by atoms with Crippen molar-refractivity contribution >= 4 is 15.9 Å². The minimum atomic E-state index is 0.508. The molecule has 0 unspecified atom stereocenters. The number of hydrogen-bond donors (Lipinski definition) is 0. The summed E-state index contributed by atoms with van der Waals surface area (Å²) >= 11 is 3.43. The Hall–Kier alpha value is -2.14. The zero-order valence-corrected chi connectivity index (χ0v) is 17.4. The largest absolute Gasteiger partial charge is 0.493 e. The van der Waals surface area contributed by atoms with E-state index in [4.69, 9.17) is 9.15 Å². The average Bonchev–Trinajstić information content (AvgIpc) is 3.19. The van der Waals surface area contributed by atoms with Crippen molar-refractivity contribution in [3.63, 3.8) is 0 Å². The number of benzene rings is 2. The van der Waals surface area contributed by atoms with Crippen LogP contribution in [0.4, 0.5) is 0 Å². The maximum atomic E-state index is 5.96. The van der Waals surface area contributed by atoms with Crippen molar-refractivity contribution in [3.05, 3.63) is 53.0 Å². The van der Waals surface area contributed by atoms with Gasteiger partial charge in [0, 0.05) is 15.6 Å². The Labute approximate surface area is 169 Å². The van der Waals surface area contributed by atoms with Crippen LogP contribution in [-0.2, 0) is 0 Å². The van der Waals surface area contributed by atoms with Gasteiger partial charge in [0.2, 0.25) is 11.8 Å².